The van der Waals surface area contributed by atoms with Gasteiger partial charge >= 0.3 is 0 Å². The van der Waals surface area contributed by atoms with Gasteiger partial charge in [0.15, 0.2) is 0 Å². The molecule has 2 rings (SSSR count). The molecule has 1 aromatic carbocycles. The van der Waals surface area contributed by atoms with Crippen molar-refractivity contribution in [3.8, 4) is 0 Å². The van der Waals surface area contributed by atoms with Crippen LogP contribution < -0.4 is 11.1 Å². The van der Waals surface area contributed by atoms with E-state index in [1.807, 2.05) is 24.3 Å². The Labute approximate surface area is 132 Å². The number of halogens is 1. The topological polar surface area (TPSA) is 71.2 Å². The van der Waals surface area contributed by atoms with Crippen molar-refractivity contribution < 1.29 is 4.79 Å². The fourth-order valence-corrected chi connectivity index (χ4v) is 2.52. The summed E-state index contributed by atoms with van der Waals surface area (Å²) in [6, 6.07) is 4.70. The molecule has 0 aliphatic heterocycles. The van der Waals surface area contributed by atoms with Gasteiger partial charge in [0.25, 0.3) is 0 Å². The Balaban J connectivity index is 1.98. The minimum Gasteiger partial charge on any atom is -0.397 e. The minimum absolute atomic E-state index is 0.123. The second kappa shape index (κ2) is 6.89. The molecule has 0 aliphatic rings. The number of nitrogens with one attached hydrogen (secondary N) is 1. The van der Waals surface area contributed by atoms with Gasteiger partial charge in [-0.2, -0.15) is 0 Å². The standard InChI is InChI=1S/C14H17ClN4OS/c1-9(19(2)6-11-7-21-8-17-11)14(20)18-13-4-3-10(15)5-12(13)16/h3-5,7-9H,6,16H2,1-2H3,(H,18,20). The van der Waals surface area contributed by atoms with E-state index in [2.05, 4.69) is 10.3 Å². The molecule has 1 heterocycles. The van der Waals surface area contributed by atoms with Crippen molar-refractivity contribution in [3.63, 3.8) is 0 Å². The molecule has 112 valence electrons. The highest BCUT2D eigenvalue weighted by Gasteiger charge is 2.19. The van der Waals surface area contributed by atoms with Crippen LogP contribution in [0.5, 0.6) is 0 Å². The first kappa shape index (κ1) is 15.8. The lowest BCUT2D eigenvalue weighted by Gasteiger charge is -2.23. The van der Waals surface area contributed by atoms with E-state index in [0.29, 0.717) is 22.9 Å². The highest BCUT2D eigenvalue weighted by Crippen LogP contribution is 2.23. The normalized spacial score (nSPS) is 12.4. The van der Waals surface area contributed by atoms with E-state index >= 15 is 0 Å². The summed E-state index contributed by atoms with van der Waals surface area (Å²) >= 11 is 7.38. The van der Waals surface area contributed by atoms with Crippen molar-refractivity contribution in [1.82, 2.24) is 9.88 Å². The monoisotopic (exact) mass is 324 g/mol. The van der Waals surface area contributed by atoms with Gasteiger partial charge < -0.3 is 11.1 Å². The van der Waals surface area contributed by atoms with Gasteiger partial charge in [0.2, 0.25) is 5.91 Å². The van der Waals surface area contributed by atoms with Gasteiger partial charge in [-0.25, -0.2) is 4.98 Å². The number of anilines is 2. The summed E-state index contributed by atoms with van der Waals surface area (Å²) in [4.78, 5) is 18.4. The lowest BCUT2D eigenvalue weighted by Crippen LogP contribution is -2.39. The van der Waals surface area contributed by atoms with E-state index < -0.39 is 0 Å². The third-order valence-corrected chi connectivity index (χ3v) is 4.08. The van der Waals surface area contributed by atoms with Crippen LogP contribution in [-0.4, -0.2) is 28.9 Å². The van der Waals surface area contributed by atoms with Crippen LogP contribution in [0.4, 0.5) is 11.4 Å². The fourth-order valence-electron chi connectivity index (χ4n) is 1.79. The van der Waals surface area contributed by atoms with E-state index in [1.54, 1.807) is 35.0 Å². The zero-order valence-electron chi connectivity index (χ0n) is 11.8. The number of hydrogen-bond donors (Lipinski definition) is 2. The van der Waals surface area contributed by atoms with Crippen LogP contribution in [-0.2, 0) is 11.3 Å². The van der Waals surface area contributed by atoms with Crippen LogP contribution in [0.15, 0.2) is 29.1 Å². The predicted molar refractivity (Wildman–Crippen MR) is 87.5 cm³/mol. The van der Waals surface area contributed by atoms with Crippen molar-refractivity contribution in [2.24, 2.45) is 0 Å². The summed E-state index contributed by atoms with van der Waals surface area (Å²) in [5, 5.41) is 5.33. The molecule has 1 amide bonds. The number of thiazole rings is 1. The number of carbonyl (C=O) groups is 1. The molecule has 1 aromatic heterocycles. The first-order valence-corrected chi connectivity index (χ1v) is 7.72. The molecule has 1 atom stereocenters. The van der Waals surface area contributed by atoms with E-state index in [-0.39, 0.29) is 11.9 Å². The summed E-state index contributed by atoms with van der Waals surface area (Å²) in [6.45, 7) is 2.46. The highest BCUT2D eigenvalue weighted by molar-refractivity contribution is 7.07. The average Bonchev–Trinajstić information content (AvgIpc) is 2.93. The van der Waals surface area contributed by atoms with Crippen molar-refractivity contribution >= 4 is 40.2 Å². The number of aromatic nitrogens is 1. The number of nitrogen functional groups attached to an aromatic ring is 1. The molecular formula is C14H17ClN4OS. The maximum atomic E-state index is 12.3. The average molecular weight is 325 g/mol. The Morgan fingerprint density at radius 3 is 2.95 bits per heavy atom. The van der Waals surface area contributed by atoms with Crippen LogP contribution in [0.25, 0.3) is 0 Å². The smallest absolute Gasteiger partial charge is 0.241 e. The maximum absolute atomic E-state index is 12.3. The first-order valence-electron chi connectivity index (χ1n) is 6.40. The van der Waals surface area contributed by atoms with Gasteiger partial charge in [-0.1, -0.05) is 11.6 Å². The van der Waals surface area contributed by atoms with Gasteiger partial charge in [0, 0.05) is 16.9 Å². The number of hydrogen-bond acceptors (Lipinski definition) is 5. The molecule has 2 aromatic rings. The Hall–Kier alpha value is -1.63. The lowest BCUT2D eigenvalue weighted by molar-refractivity contribution is -0.120. The quantitative estimate of drug-likeness (QED) is 0.830. The van der Waals surface area contributed by atoms with Gasteiger partial charge in [0.1, 0.15) is 0 Å². The Morgan fingerprint density at radius 1 is 1.57 bits per heavy atom. The third kappa shape index (κ3) is 4.17. The second-order valence-electron chi connectivity index (χ2n) is 4.79. The van der Waals surface area contributed by atoms with Crippen LogP contribution >= 0.6 is 22.9 Å². The molecule has 7 heteroatoms. The van der Waals surface area contributed by atoms with Crippen molar-refractivity contribution in [3.05, 3.63) is 39.8 Å². The Bertz CT molecular complexity index is 617. The molecule has 0 aliphatic carbocycles. The lowest BCUT2D eigenvalue weighted by atomic mass is 10.2. The van der Waals surface area contributed by atoms with Crippen LogP contribution in [0, 0.1) is 0 Å². The highest BCUT2D eigenvalue weighted by atomic mass is 35.5. The number of nitrogens with zero attached hydrogens (tertiary/aromatic N) is 2. The Morgan fingerprint density at radius 2 is 2.33 bits per heavy atom. The summed E-state index contributed by atoms with van der Waals surface area (Å²) in [5.41, 5.74) is 9.58. The zero-order valence-corrected chi connectivity index (χ0v) is 13.4. The summed E-state index contributed by atoms with van der Waals surface area (Å²) in [5.74, 6) is -0.123. The Kier molecular flexibility index (Phi) is 5.17. The molecule has 5 nitrogen and oxygen atoms in total. The van der Waals surface area contributed by atoms with Crippen molar-refractivity contribution in [2.45, 2.75) is 19.5 Å². The molecule has 0 bridgehead atoms. The van der Waals surface area contributed by atoms with Crippen LogP contribution in [0.3, 0.4) is 0 Å². The summed E-state index contributed by atoms with van der Waals surface area (Å²) in [7, 11) is 1.88. The molecule has 0 spiro atoms. The number of benzene rings is 1. The second-order valence-corrected chi connectivity index (χ2v) is 5.95. The van der Waals surface area contributed by atoms with E-state index in [4.69, 9.17) is 17.3 Å². The number of carbonyl (C=O) groups excluding carboxylic acids is 1. The summed E-state index contributed by atoms with van der Waals surface area (Å²) in [6.07, 6.45) is 0. The SMILES string of the molecule is CC(C(=O)Nc1ccc(Cl)cc1N)N(C)Cc1cscn1. The van der Waals surface area contributed by atoms with Crippen LogP contribution in [0.2, 0.25) is 5.02 Å². The number of amides is 1. The maximum Gasteiger partial charge on any atom is 0.241 e. The largest absolute Gasteiger partial charge is 0.397 e. The molecule has 0 saturated heterocycles. The van der Waals surface area contributed by atoms with Gasteiger partial charge in [-0.05, 0) is 32.2 Å². The molecule has 0 fully saturated rings. The molecule has 1 unspecified atom stereocenters. The molecular weight excluding hydrogens is 308 g/mol. The number of likely N-dealkylation sites (N-methyl/N-ethyl adjacent to an activating group) is 1. The third-order valence-electron chi connectivity index (χ3n) is 3.21. The minimum atomic E-state index is -0.304. The van der Waals surface area contributed by atoms with Crippen molar-refractivity contribution in [1.29, 1.82) is 0 Å². The van der Waals surface area contributed by atoms with Gasteiger partial charge in [-0.3, -0.25) is 9.69 Å². The van der Waals surface area contributed by atoms with Gasteiger partial charge in [-0.15, -0.1) is 11.3 Å². The molecule has 21 heavy (non-hydrogen) atoms. The first-order chi connectivity index (χ1) is 9.97. The van der Waals surface area contributed by atoms with Crippen molar-refractivity contribution in [2.75, 3.05) is 18.1 Å². The zero-order chi connectivity index (χ0) is 15.4. The molecule has 3 N–H and O–H groups in total. The van der Waals surface area contributed by atoms with Gasteiger partial charge in [0.05, 0.1) is 28.6 Å². The number of rotatable bonds is 5. The molecule has 0 saturated carbocycles. The predicted octanol–water partition coefficient (Wildman–Crippen LogP) is 2.84. The van der Waals surface area contributed by atoms with E-state index in [1.165, 1.54) is 0 Å². The van der Waals surface area contributed by atoms with E-state index in [0.717, 1.165) is 5.69 Å². The summed E-state index contributed by atoms with van der Waals surface area (Å²) < 4.78 is 0. The van der Waals surface area contributed by atoms with E-state index in [9.17, 15) is 4.79 Å². The fraction of sp³-hybridized carbons (Fsp3) is 0.286. The number of nitrogens with two attached hydrogens (primary N) is 1. The molecule has 0 radical (unpaired) electrons. The van der Waals surface area contributed by atoms with Crippen LogP contribution in [0.1, 0.15) is 12.6 Å².